The second-order valence-electron chi connectivity index (χ2n) is 5.99. The zero-order valence-corrected chi connectivity index (χ0v) is 12.2. The van der Waals surface area contributed by atoms with Gasteiger partial charge in [0.2, 0.25) is 11.7 Å². The quantitative estimate of drug-likeness (QED) is 0.855. The largest absolute Gasteiger partial charge is 0.415 e. The lowest BCUT2D eigenvalue weighted by molar-refractivity contribution is -0.0821. The van der Waals surface area contributed by atoms with Crippen molar-refractivity contribution in [3.8, 4) is 11.7 Å². The van der Waals surface area contributed by atoms with E-state index in [1.54, 1.807) is 0 Å². The zero-order valence-electron chi connectivity index (χ0n) is 12.2. The standard InChI is InChI=1S/C14H18N4O3/c1-8-6-18(2)7-12(19-8)14-16-15-13(20-14)11-5-10(17-21-11)9-3-4-9/h5,8-9,12H,3-4,6-7H2,1-2H3/t8-,12-/m1/s1. The molecule has 3 heterocycles. The fourth-order valence-electron chi connectivity index (χ4n) is 2.72. The Hall–Kier alpha value is -1.73. The van der Waals surface area contributed by atoms with Crippen LogP contribution in [0.1, 0.15) is 43.4 Å². The number of nitrogens with zero attached hydrogens (tertiary/aromatic N) is 4. The second-order valence-corrected chi connectivity index (χ2v) is 5.99. The Kier molecular flexibility index (Phi) is 3.04. The lowest BCUT2D eigenvalue weighted by Gasteiger charge is -2.32. The molecule has 21 heavy (non-hydrogen) atoms. The van der Waals surface area contributed by atoms with Crippen molar-refractivity contribution in [2.75, 3.05) is 20.1 Å². The normalized spacial score (nSPS) is 27.1. The van der Waals surface area contributed by atoms with Gasteiger partial charge in [0.05, 0.1) is 11.8 Å². The summed E-state index contributed by atoms with van der Waals surface area (Å²) in [4.78, 5) is 2.20. The Balaban J connectivity index is 1.54. The highest BCUT2D eigenvalue weighted by atomic mass is 16.5. The molecule has 0 spiro atoms. The first-order chi connectivity index (χ1) is 10.2. The van der Waals surface area contributed by atoms with E-state index in [0.29, 0.717) is 23.5 Å². The topological polar surface area (TPSA) is 77.4 Å². The third-order valence-corrected chi connectivity index (χ3v) is 3.89. The van der Waals surface area contributed by atoms with E-state index in [0.717, 1.165) is 18.8 Å². The Bertz CT molecular complexity index is 624. The van der Waals surface area contributed by atoms with Gasteiger partial charge in [-0.05, 0) is 26.8 Å². The van der Waals surface area contributed by atoms with E-state index in [2.05, 4.69) is 27.3 Å². The first kappa shape index (κ1) is 13.0. The van der Waals surface area contributed by atoms with Crippen molar-refractivity contribution in [1.29, 1.82) is 0 Å². The van der Waals surface area contributed by atoms with E-state index in [1.165, 1.54) is 12.8 Å². The van der Waals surface area contributed by atoms with E-state index in [1.807, 2.05) is 13.0 Å². The Labute approximate surface area is 122 Å². The molecule has 0 radical (unpaired) electrons. The minimum atomic E-state index is -0.189. The third-order valence-electron chi connectivity index (χ3n) is 3.89. The SMILES string of the molecule is C[C@@H]1CN(C)C[C@H](c2nnc(-c3cc(C4CC4)no3)o2)O1. The van der Waals surface area contributed by atoms with E-state index in [-0.39, 0.29) is 12.2 Å². The van der Waals surface area contributed by atoms with Gasteiger partial charge in [0, 0.05) is 25.1 Å². The molecule has 112 valence electrons. The van der Waals surface area contributed by atoms with Gasteiger partial charge >= 0.3 is 0 Å². The molecular formula is C14H18N4O3. The fourth-order valence-corrected chi connectivity index (χ4v) is 2.72. The van der Waals surface area contributed by atoms with Crippen LogP contribution in [0.25, 0.3) is 11.7 Å². The molecule has 7 heteroatoms. The molecule has 2 atom stereocenters. The number of rotatable bonds is 3. The van der Waals surface area contributed by atoms with Crippen LogP contribution in [0.5, 0.6) is 0 Å². The van der Waals surface area contributed by atoms with Gasteiger partial charge in [-0.25, -0.2) is 0 Å². The van der Waals surface area contributed by atoms with Gasteiger partial charge in [-0.15, -0.1) is 10.2 Å². The van der Waals surface area contributed by atoms with Crippen LogP contribution in [0, 0.1) is 0 Å². The lowest BCUT2D eigenvalue weighted by atomic mass is 10.2. The van der Waals surface area contributed by atoms with E-state index in [9.17, 15) is 0 Å². The molecular weight excluding hydrogens is 272 g/mol. The maximum atomic E-state index is 5.86. The number of morpholine rings is 1. The predicted octanol–water partition coefficient (Wildman–Crippen LogP) is 1.99. The fraction of sp³-hybridized carbons (Fsp3) is 0.643. The molecule has 2 aromatic rings. The molecule has 2 aliphatic rings. The molecule has 7 nitrogen and oxygen atoms in total. The molecule has 1 aliphatic carbocycles. The van der Waals surface area contributed by atoms with Crippen molar-refractivity contribution in [2.24, 2.45) is 0 Å². The summed E-state index contributed by atoms with van der Waals surface area (Å²) in [6, 6.07) is 1.89. The molecule has 0 N–H and O–H groups in total. The molecule has 0 aromatic carbocycles. The molecule has 2 aromatic heterocycles. The highest BCUT2D eigenvalue weighted by molar-refractivity contribution is 5.44. The van der Waals surface area contributed by atoms with Gasteiger partial charge in [0.1, 0.15) is 6.10 Å². The van der Waals surface area contributed by atoms with Gasteiger partial charge in [-0.3, -0.25) is 0 Å². The van der Waals surface area contributed by atoms with Crippen molar-refractivity contribution in [1.82, 2.24) is 20.3 Å². The maximum Gasteiger partial charge on any atom is 0.286 e. The number of hydrogen-bond acceptors (Lipinski definition) is 7. The van der Waals surface area contributed by atoms with Crippen molar-refractivity contribution in [3.63, 3.8) is 0 Å². The zero-order chi connectivity index (χ0) is 14.4. The van der Waals surface area contributed by atoms with E-state index in [4.69, 9.17) is 13.7 Å². The molecule has 4 rings (SSSR count). The van der Waals surface area contributed by atoms with Crippen LogP contribution in [0.4, 0.5) is 0 Å². The molecule has 0 bridgehead atoms. The molecule has 0 amide bonds. The number of likely N-dealkylation sites (N-methyl/N-ethyl adjacent to an activating group) is 1. The molecule has 1 saturated heterocycles. The summed E-state index contributed by atoms with van der Waals surface area (Å²) in [5.41, 5.74) is 0.979. The van der Waals surface area contributed by atoms with Crippen molar-refractivity contribution >= 4 is 0 Å². The van der Waals surface area contributed by atoms with Crippen LogP contribution < -0.4 is 0 Å². The summed E-state index contributed by atoms with van der Waals surface area (Å²) in [5.74, 6) is 1.94. The number of hydrogen-bond donors (Lipinski definition) is 0. The maximum absolute atomic E-state index is 5.86. The Morgan fingerprint density at radius 2 is 2.10 bits per heavy atom. The lowest BCUT2D eigenvalue weighted by Crippen LogP contribution is -2.40. The van der Waals surface area contributed by atoms with Crippen molar-refractivity contribution in [2.45, 2.75) is 37.9 Å². The van der Waals surface area contributed by atoms with Crippen LogP contribution >= 0.6 is 0 Å². The predicted molar refractivity (Wildman–Crippen MR) is 72.6 cm³/mol. The second kappa shape index (κ2) is 4.92. The molecule has 1 saturated carbocycles. The van der Waals surface area contributed by atoms with Gasteiger partial charge in [0.25, 0.3) is 5.89 Å². The van der Waals surface area contributed by atoms with E-state index >= 15 is 0 Å². The Morgan fingerprint density at radius 3 is 2.86 bits per heavy atom. The summed E-state index contributed by atoms with van der Waals surface area (Å²) in [6.07, 6.45) is 2.32. The average Bonchev–Trinajstić information content (AvgIpc) is 3.00. The van der Waals surface area contributed by atoms with Crippen LogP contribution in [-0.4, -0.2) is 46.5 Å². The summed E-state index contributed by atoms with van der Waals surface area (Å²) in [6.45, 7) is 3.69. The van der Waals surface area contributed by atoms with Crippen LogP contribution in [0.15, 0.2) is 15.0 Å². The Morgan fingerprint density at radius 1 is 1.24 bits per heavy atom. The van der Waals surface area contributed by atoms with Crippen molar-refractivity contribution in [3.05, 3.63) is 17.7 Å². The monoisotopic (exact) mass is 290 g/mol. The number of aromatic nitrogens is 3. The van der Waals surface area contributed by atoms with Crippen LogP contribution in [0.3, 0.4) is 0 Å². The summed E-state index contributed by atoms with van der Waals surface area (Å²) in [7, 11) is 2.06. The highest BCUT2D eigenvalue weighted by Gasteiger charge is 2.31. The van der Waals surface area contributed by atoms with Crippen LogP contribution in [0.2, 0.25) is 0 Å². The van der Waals surface area contributed by atoms with Gasteiger partial charge in [0.15, 0.2) is 0 Å². The first-order valence-corrected chi connectivity index (χ1v) is 7.33. The van der Waals surface area contributed by atoms with E-state index < -0.39 is 0 Å². The minimum Gasteiger partial charge on any atom is -0.415 e. The average molecular weight is 290 g/mol. The number of ether oxygens (including phenoxy) is 1. The highest BCUT2D eigenvalue weighted by Crippen LogP contribution is 2.40. The minimum absolute atomic E-state index is 0.149. The summed E-state index contributed by atoms with van der Waals surface area (Å²) in [5, 5.41) is 12.2. The van der Waals surface area contributed by atoms with Gasteiger partial charge in [-0.1, -0.05) is 5.16 Å². The summed E-state index contributed by atoms with van der Waals surface area (Å²) >= 11 is 0. The van der Waals surface area contributed by atoms with Crippen molar-refractivity contribution < 1.29 is 13.7 Å². The summed E-state index contributed by atoms with van der Waals surface area (Å²) < 4.78 is 16.9. The van der Waals surface area contributed by atoms with Crippen LogP contribution in [-0.2, 0) is 4.74 Å². The van der Waals surface area contributed by atoms with Gasteiger partial charge in [-0.2, -0.15) is 0 Å². The first-order valence-electron chi connectivity index (χ1n) is 7.33. The molecule has 1 aliphatic heterocycles. The molecule has 2 fully saturated rings. The molecule has 0 unspecified atom stereocenters. The third kappa shape index (κ3) is 2.58. The smallest absolute Gasteiger partial charge is 0.286 e. The van der Waals surface area contributed by atoms with Gasteiger partial charge < -0.3 is 18.6 Å².